The lowest BCUT2D eigenvalue weighted by Crippen LogP contribution is -2.42. The molecular weight excluding hydrogens is 417 g/mol. The Morgan fingerprint density at radius 3 is 2.53 bits per heavy atom. The number of aromatic nitrogens is 4. The maximum absolute atomic E-state index is 13.9. The zero-order valence-corrected chi connectivity index (χ0v) is 18.1. The number of rotatable bonds is 8. The van der Waals surface area contributed by atoms with E-state index in [9.17, 15) is 24.1 Å². The van der Waals surface area contributed by atoms with Crippen LogP contribution in [0.4, 0.5) is 10.1 Å². The van der Waals surface area contributed by atoms with Crippen LogP contribution in [-0.2, 0) is 19.6 Å². The van der Waals surface area contributed by atoms with Gasteiger partial charge < -0.3 is 0 Å². The SMILES string of the molecule is CCn1c(=O)c([N+](=O)[O-])c(C=Cc2cnn(Cc3ccccc3F)c2)n(CC(C)C)c1=O. The third-order valence-corrected chi connectivity index (χ3v) is 4.87. The lowest BCUT2D eigenvalue weighted by atomic mass is 10.2. The molecule has 0 amide bonds. The summed E-state index contributed by atoms with van der Waals surface area (Å²) in [5.74, 6) is -0.323. The van der Waals surface area contributed by atoms with Crippen molar-refractivity contribution in [1.82, 2.24) is 18.9 Å². The molecule has 3 aromatic rings. The van der Waals surface area contributed by atoms with Crippen LogP contribution < -0.4 is 11.2 Å². The average Bonchev–Trinajstić information content (AvgIpc) is 3.17. The molecule has 0 aliphatic heterocycles. The van der Waals surface area contributed by atoms with Crippen molar-refractivity contribution in [3.8, 4) is 0 Å². The van der Waals surface area contributed by atoms with E-state index in [1.54, 1.807) is 37.4 Å². The molecule has 0 aliphatic carbocycles. The molecule has 1 aromatic carbocycles. The second kappa shape index (κ2) is 9.54. The lowest BCUT2D eigenvalue weighted by molar-refractivity contribution is -0.387. The molecule has 0 aliphatic rings. The lowest BCUT2D eigenvalue weighted by Gasteiger charge is -2.14. The van der Waals surface area contributed by atoms with Crippen molar-refractivity contribution >= 4 is 17.8 Å². The second-order valence-corrected chi connectivity index (χ2v) is 7.72. The minimum atomic E-state index is -0.933. The Hall–Kier alpha value is -3.82. The van der Waals surface area contributed by atoms with Gasteiger partial charge in [-0.15, -0.1) is 0 Å². The summed E-state index contributed by atoms with van der Waals surface area (Å²) >= 11 is 0. The normalized spacial score (nSPS) is 11.5. The third-order valence-electron chi connectivity index (χ3n) is 4.87. The Morgan fingerprint density at radius 1 is 1.19 bits per heavy atom. The predicted molar refractivity (Wildman–Crippen MR) is 119 cm³/mol. The molecule has 0 bridgehead atoms. The second-order valence-electron chi connectivity index (χ2n) is 7.72. The predicted octanol–water partition coefficient (Wildman–Crippen LogP) is 3.15. The van der Waals surface area contributed by atoms with Crippen LogP contribution in [0, 0.1) is 21.8 Å². The van der Waals surface area contributed by atoms with Gasteiger partial charge in [0.15, 0.2) is 0 Å². The van der Waals surface area contributed by atoms with E-state index in [0.29, 0.717) is 11.1 Å². The fourth-order valence-electron chi connectivity index (χ4n) is 3.39. The molecular formula is C22H24FN5O4. The summed E-state index contributed by atoms with van der Waals surface area (Å²) < 4.78 is 17.5. The topological polar surface area (TPSA) is 105 Å². The number of benzene rings is 1. The molecule has 9 nitrogen and oxygen atoms in total. The summed E-state index contributed by atoms with van der Waals surface area (Å²) in [6.07, 6.45) is 6.08. The monoisotopic (exact) mass is 441 g/mol. The molecule has 0 spiro atoms. The molecule has 2 heterocycles. The highest BCUT2D eigenvalue weighted by Gasteiger charge is 2.26. The van der Waals surface area contributed by atoms with Crippen LogP contribution in [0.2, 0.25) is 0 Å². The van der Waals surface area contributed by atoms with Crippen LogP contribution in [0.25, 0.3) is 12.2 Å². The van der Waals surface area contributed by atoms with E-state index in [1.165, 1.54) is 27.6 Å². The molecule has 10 heteroatoms. The Balaban J connectivity index is 2.04. The van der Waals surface area contributed by atoms with E-state index >= 15 is 0 Å². The zero-order chi connectivity index (χ0) is 23.4. The summed E-state index contributed by atoms with van der Waals surface area (Å²) in [5.41, 5.74) is -1.19. The van der Waals surface area contributed by atoms with Crippen LogP contribution in [0.15, 0.2) is 46.2 Å². The minimum Gasteiger partial charge on any atom is -0.287 e. The smallest absolute Gasteiger partial charge is 0.287 e. The van der Waals surface area contributed by atoms with Gasteiger partial charge in [-0.25, -0.2) is 9.18 Å². The maximum atomic E-state index is 13.9. The van der Waals surface area contributed by atoms with Gasteiger partial charge in [0.25, 0.3) is 0 Å². The molecule has 0 radical (unpaired) electrons. The first-order chi connectivity index (χ1) is 15.2. The van der Waals surface area contributed by atoms with E-state index in [2.05, 4.69) is 5.10 Å². The van der Waals surface area contributed by atoms with Gasteiger partial charge in [-0.2, -0.15) is 5.10 Å². The summed E-state index contributed by atoms with van der Waals surface area (Å²) in [6.45, 7) is 5.80. The van der Waals surface area contributed by atoms with Crippen LogP contribution in [0.1, 0.15) is 37.6 Å². The molecule has 168 valence electrons. The van der Waals surface area contributed by atoms with Crippen LogP contribution in [0.3, 0.4) is 0 Å². The summed E-state index contributed by atoms with van der Waals surface area (Å²) in [4.78, 5) is 36.4. The van der Waals surface area contributed by atoms with Crippen molar-refractivity contribution in [2.45, 2.75) is 40.4 Å². The Kier molecular flexibility index (Phi) is 6.82. The van der Waals surface area contributed by atoms with E-state index < -0.39 is 21.9 Å². The first-order valence-corrected chi connectivity index (χ1v) is 10.2. The molecule has 0 saturated carbocycles. The molecule has 0 atom stereocenters. The average molecular weight is 441 g/mol. The van der Waals surface area contributed by atoms with Crippen molar-refractivity contribution in [3.05, 3.63) is 90.2 Å². The number of hydrogen-bond donors (Lipinski definition) is 0. The van der Waals surface area contributed by atoms with Gasteiger partial charge in [0.1, 0.15) is 11.5 Å². The standard InChI is InChI=1S/C22H24FN5O4/c1-4-26-21(29)20(28(31)32)19(27(22(26)30)12-15(2)3)10-9-16-11-24-25(13-16)14-17-7-5-6-8-18(17)23/h5-11,13,15H,4,12,14H2,1-3H3. The number of hydrogen-bond acceptors (Lipinski definition) is 5. The van der Waals surface area contributed by atoms with Crippen molar-refractivity contribution in [2.24, 2.45) is 5.92 Å². The van der Waals surface area contributed by atoms with Gasteiger partial charge in [-0.3, -0.25) is 28.7 Å². The van der Waals surface area contributed by atoms with Crippen LogP contribution in [-0.4, -0.2) is 23.8 Å². The highest BCUT2D eigenvalue weighted by atomic mass is 19.1. The zero-order valence-electron chi connectivity index (χ0n) is 18.1. The van der Waals surface area contributed by atoms with Crippen LogP contribution >= 0.6 is 0 Å². The fourth-order valence-corrected chi connectivity index (χ4v) is 3.39. The summed E-state index contributed by atoms with van der Waals surface area (Å²) in [5, 5.41) is 15.9. The van der Waals surface area contributed by atoms with Crippen molar-refractivity contribution in [2.75, 3.05) is 0 Å². The molecule has 0 fully saturated rings. The number of halogens is 1. The Bertz CT molecular complexity index is 1290. The summed E-state index contributed by atoms with van der Waals surface area (Å²) in [7, 11) is 0. The minimum absolute atomic E-state index is 0.0192. The maximum Gasteiger partial charge on any atom is 0.357 e. The van der Waals surface area contributed by atoms with E-state index in [4.69, 9.17) is 0 Å². The Labute approximate surface area is 183 Å². The van der Waals surface area contributed by atoms with Crippen molar-refractivity contribution < 1.29 is 9.31 Å². The molecule has 0 unspecified atom stereocenters. The Morgan fingerprint density at radius 2 is 1.91 bits per heavy atom. The van der Waals surface area contributed by atoms with E-state index in [-0.39, 0.29) is 37.1 Å². The fraction of sp³-hybridized carbons (Fsp3) is 0.318. The molecule has 32 heavy (non-hydrogen) atoms. The molecule has 0 N–H and O–H groups in total. The van der Waals surface area contributed by atoms with E-state index in [0.717, 1.165) is 4.57 Å². The number of nitro groups is 1. The van der Waals surface area contributed by atoms with E-state index in [1.807, 2.05) is 13.8 Å². The third kappa shape index (κ3) is 4.74. The quantitative estimate of drug-likeness (QED) is 0.394. The van der Waals surface area contributed by atoms with Gasteiger partial charge >= 0.3 is 16.9 Å². The van der Waals surface area contributed by atoms with Gasteiger partial charge in [0.05, 0.1) is 17.7 Å². The highest BCUT2D eigenvalue weighted by molar-refractivity contribution is 5.71. The van der Waals surface area contributed by atoms with Gasteiger partial charge in [-0.1, -0.05) is 32.0 Å². The van der Waals surface area contributed by atoms with Crippen molar-refractivity contribution in [3.63, 3.8) is 0 Å². The van der Waals surface area contributed by atoms with Gasteiger partial charge in [-0.05, 0) is 31.1 Å². The van der Waals surface area contributed by atoms with Gasteiger partial charge in [0.2, 0.25) is 0 Å². The van der Waals surface area contributed by atoms with Gasteiger partial charge in [0, 0.05) is 30.4 Å². The largest absolute Gasteiger partial charge is 0.357 e. The molecule has 3 rings (SSSR count). The molecule has 0 saturated heterocycles. The van der Waals surface area contributed by atoms with Crippen molar-refractivity contribution in [1.29, 1.82) is 0 Å². The highest BCUT2D eigenvalue weighted by Crippen LogP contribution is 2.17. The first-order valence-electron chi connectivity index (χ1n) is 10.2. The number of nitrogens with zero attached hydrogens (tertiary/aromatic N) is 5. The first kappa shape index (κ1) is 22.9. The molecule has 2 aromatic heterocycles. The summed E-state index contributed by atoms with van der Waals surface area (Å²) in [6, 6.07) is 6.36. The van der Waals surface area contributed by atoms with Crippen LogP contribution in [0.5, 0.6) is 0 Å².